The molecule has 4 saturated carbocycles. The topological polar surface area (TPSA) is 72.8 Å². The van der Waals surface area contributed by atoms with Crippen LogP contribution >= 0.6 is 23.5 Å². The number of esters is 2. The van der Waals surface area contributed by atoms with Gasteiger partial charge in [-0.2, -0.15) is 11.8 Å². The third kappa shape index (κ3) is 9.64. The molecule has 6 rings (SSSR count). The predicted molar refractivity (Wildman–Crippen MR) is 195 cm³/mol. The Morgan fingerprint density at radius 3 is 1.80 bits per heavy atom. The van der Waals surface area contributed by atoms with Crippen LogP contribution in [-0.2, 0) is 19.1 Å². The molecule has 2 atom stereocenters. The van der Waals surface area contributed by atoms with Crippen molar-refractivity contribution < 1.29 is 24.2 Å². The largest absolute Gasteiger partial charge is 0.508 e. The maximum absolute atomic E-state index is 12.8. The van der Waals surface area contributed by atoms with Crippen molar-refractivity contribution in [3.63, 3.8) is 0 Å². The highest BCUT2D eigenvalue weighted by molar-refractivity contribution is 8.06. The second-order valence-corrected chi connectivity index (χ2v) is 18.3. The van der Waals surface area contributed by atoms with Crippen molar-refractivity contribution in [2.24, 2.45) is 40.4 Å². The molecule has 1 heterocycles. The average Bonchev–Trinajstić information content (AvgIpc) is 3.03. The van der Waals surface area contributed by atoms with Crippen LogP contribution in [0.15, 0.2) is 24.3 Å². The summed E-state index contributed by atoms with van der Waals surface area (Å²) < 4.78 is 11.8. The normalized spacial score (nSPS) is 29.2. The van der Waals surface area contributed by atoms with Gasteiger partial charge in [0.1, 0.15) is 11.4 Å². The number of hydrogen-bond acceptors (Lipinski definition) is 7. The van der Waals surface area contributed by atoms with E-state index in [4.69, 9.17) is 14.6 Å². The smallest absolute Gasteiger partial charge is 0.312 e. The van der Waals surface area contributed by atoms with Gasteiger partial charge in [0.15, 0.2) is 5.44 Å². The predicted octanol–water partition coefficient (Wildman–Crippen LogP) is 10.5. The Balaban J connectivity index is 0.000000201. The third-order valence-electron chi connectivity index (χ3n) is 11.6. The lowest BCUT2D eigenvalue weighted by Gasteiger charge is -2.62. The lowest BCUT2D eigenvalue weighted by molar-refractivity contribution is -0.231. The van der Waals surface area contributed by atoms with E-state index in [-0.39, 0.29) is 33.8 Å². The first-order valence-electron chi connectivity index (χ1n) is 18.0. The van der Waals surface area contributed by atoms with Crippen LogP contribution in [0.1, 0.15) is 132 Å². The summed E-state index contributed by atoms with van der Waals surface area (Å²) in [4.78, 5) is 24.5. The summed E-state index contributed by atoms with van der Waals surface area (Å²) in [7, 11) is 0. The van der Waals surface area contributed by atoms with E-state index < -0.39 is 0 Å². The van der Waals surface area contributed by atoms with Crippen LogP contribution in [0.5, 0.6) is 5.75 Å². The maximum atomic E-state index is 12.8. The van der Waals surface area contributed by atoms with E-state index in [1.165, 1.54) is 43.4 Å². The Labute approximate surface area is 289 Å². The molecule has 4 bridgehead atoms. The summed E-state index contributed by atoms with van der Waals surface area (Å²) in [6.07, 6.45) is 9.45. The summed E-state index contributed by atoms with van der Waals surface area (Å²) in [6.45, 7) is 20.9. The lowest BCUT2D eigenvalue weighted by atomic mass is 9.47. The first kappa shape index (κ1) is 39.1. The number of phenolic OH excluding ortho intramolecular Hbond substituents is 1. The van der Waals surface area contributed by atoms with Gasteiger partial charge in [0.05, 0.1) is 10.8 Å². The fourth-order valence-corrected chi connectivity index (χ4v) is 9.96. The molecule has 1 aliphatic heterocycles. The van der Waals surface area contributed by atoms with Gasteiger partial charge in [0.25, 0.3) is 0 Å². The van der Waals surface area contributed by atoms with Crippen LogP contribution in [0.4, 0.5) is 0 Å². The van der Waals surface area contributed by atoms with Gasteiger partial charge in [0, 0.05) is 17.3 Å². The van der Waals surface area contributed by atoms with Gasteiger partial charge in [-0.05, 0) is 132 Å². The summed E-state index contributed by atoms with van der Waals surface area (Å²) in [6, 6.07) is 7.43. The fraction of sp³-hybridized carbons (Fsp3) is 0.795. The zero-order chi connectivity index (χ0) is 34.3. The molecule has 2 unspecified atom stereocenters. The summed E-state index contributed by atoms with van der Waals surface area (Å²) in [5, 5.41) is 9.01. The minimum Gasteiger partial charge on any atom is -0.508 e. The van der Waals surface area contributed by atoms with E-state index >= 15 is 0 Å². The Hall–Kier alpha value is -1.34. The van der Waals surface area contributed by atoms with E-state index in [0.717, 1.165) is 42.6 Å². The minimum atomic E-state index is -0.351. The van der Waals surface area contributed by atoms with Crippen LogP contribution in [0, 0.1) is 40.4 Å². The highest BCUT2D eigenvalue weighted by Crippen LogP contribution is 2.62. The average molecular weight is 677 g/mol. The second kappa shape index (κ2) is 16.9. The number of carbonyl (C=O) groups is 2. The zero-order valence-electron chi connectivity index (χ0n) is 30.5. The van der Waals surface area contributed by atoms with Gasteiger partial charge in [-0.25, -0.2) is 0 Å². The van der Waals surface area contributed by atoms with Crippen LogP contribution < -0.4 is 0 Å². The number of ether oxygens (including phenoxy) is 2. The maximum Gasteiger partial charge on any atom is 0.312 e. The van der Waals surface area contributed by atoms with Gasteiger partial charge < -0.3 is 14.6 Å². The summed E-state index contributed by atoms with van der Waals surface area (Å²) >= 11 is 3.62. The molecule has 4 aliphatic carbocycles. The van der Waals surface area contributed by atoms with Crippen molar-refractivity contribution in [2.45, 2.75) is 138 Å². The molecule has 0 amide bonds. The zero-order valence-corrected chi connectivity index (χ0v) is 32.2. The molecule has 1 saturated heterocycles. The number of rotatable bonds is 9. The van der Waals surface area contributed by atoms with Crippen molar-refractivity contribution in [1.82, 2.24) is 0 Å². The molecule has 7 heteroatoms. The Kier molecular flexibility index (Phi) is 14.3. The third-order valence-corrected chi connectivity index (χ3v) is 14.1. The Morgan fingerprint density at radius 1 is 0.848 bits per heavy atom. The van der Waals surface area contributed by atoms with E-state index in [1.54, 1.807) is 23.9 Å². The molecular formula is C39H64O5S2. The molecule has 1 aromatic rings. The van der Waals surface area contributed by atoms with Crippen molar-refractivity contribution in [3.05, 3.63) is 29.8 Å². The molecule has 0 radical (unpaired) electrons. The van der Waals surface area contributed by atoms with Crippen LogP contribution in [-0.4, -0.2) is 45.3 Å². The molecule has 1 N–H and O–H groups in total. The number of thioether (sulfide) groups is 2. The van der Waals surface area contributed by atoms with Gasteiger partial charge >= 0.3 is 11.9 Å². The van der Waals surface area contributed by atoms with Gasteiger partial charge in [-0.1, -0.05) is 53.7 Å². The lowest BCUT2D eigenvalue weighted by Crippen LogP contribution is -2.63. The highest BCUT2D eigenvalue weighted by atomic mass is 32.2. The number of hydrogen-bond donors (Lipinski definition) is 1. The van der Waals surface area contributed by atoms with E-state index in [2.05, 4.69) is 34.6 Å². The van der Waals surface area contributed by atoms with Gasteiger partial charge in [-0.3, -0.25) is 9.59 Å². The first-order valence-corrected chi connectivity index (χ1v) is 20.2. The molecular weight excluding hydrogens is 613 g/mol. The monoisotopic (exact) mass is 676 g/mol. The van der Waals surface area contributed by atoms with Crippen molar-refractivity contribution >= 4 is 35.5 Å². The fourth-order valence-electron chi connectivity index (χ4n) is 7.59. The molecule has 5 aliphatic rings. The Morgan fingerprint density at radius 2 is 1.37 bits per heavy atom. The van der Waals surface area contributed by atoms with Crippen molar-refractivity contribution in [1.29, 1.82) is 0 Å². The Bertz CT molecular complexity index is 1080. The van der Waals surface area contributed by atoms with E-state index in [1.807, 2.05) is 58.5 Å². The van der Waals surface area contributed by atoms with Crippen molar-refractivity contribution in [3.8, 4) is 5.75 Å². The van der Waals surface area contributed by atoms with E-state index in [9.17, 15) is 9.59 Å². The van der Waals surface area contributed by atoms with Gasteiger partial charge in [0.2, 0.25) is 0 Å². The summed E-state index contributed by atoms with van der Waals surface area (Å²) in [5.41, 5.74) is 0.522. The van der Waals surface area contributed by atoms with Crippen LogP contribution in [0.3, 0.4) is 0 Å². The highest BCUT2D eigenvalue weighted by Gasteiger charge is 2.61. The first-order chi connectivity index (χ1) is 21.6. The molecule has 46 heavy (non-hydrogen) atoms. The molecule has 5 fully saturated rings. The number of phenols is 1. The number of carbonyl (C=O) groups excluding carboxylic acids is 2. The SMILES string of the molecule is CCC(C)(C)C(=O)OC1(C(C)C)C2CC3CC(C2)CC1C3.CCC(C)(C)C(=O)OC1CSCCS1.CCC(C)c1ccc(O)cc1. The standard InChI is InChI=1S/C19H32O2.C10H18O2S2.C10H14O/c1-6-18(4,5)17(20)21-19(12(2)3)15-8-13-7-14(10-15)11-16(19)9-13;1-4-10(2,3)9(11)12-8-7-13-5-6-14-8;1-3-8(2)9-4-6-10(11)7-5-9/h12-16H,6-11H2,1-5H3;8H,4-7H2,1-3H3;4-8,11H,3H2,1-2H3. The molecule has 0 spiro atoms. The molecule has 5 nitrogen and oxygen atoms in total. The molecule has 262 valence electrons. The van der Waals surface area contributed by atoms with E-state index in [0.29, 0.717) is 29.4 Å². The second-order valence-electron chi connectivity index (χ2n) is 15.9. The quantitative estimate of drug-likeness (QED) is 0.261. The molecule has 1 aromatic carbocycles. The molecule has 0 aromatic heterocycles. The number of benzene rings is 1. The van der Waals surface area contributed by atoms with Gasteiger partial charge in [-0.15, -0.1) is 11.8 Å². The summed E-state index contributed by atoms with van der Waals surface area (Å²) in [5.74, 6) is 7.62. The number of aromatic hydroxyl groups is 1. The minimum absolute atomic E-state index is 0.0335. The van der Waals surface area contributed by atoms with Crippen LogP contribution in [0.25, 0.3) is 0 Å². The van der Waals surface area contributed by atoms with Crippen molar-refractivity contribution in [2.75, 3.05) is 17.3 Å². The van der Waals surface area contributed by atoms with Crippen LogP contribution in [0.2, 0.25) is 0 Å².